The minimum Gasteiger partial charge on any atom is -0.481 e. The minimum atomic E-state index is -2.98. The van der Waals surface area contributed by atoms with Crippen LogP contribution in [0.5, 0.6) is 5.75 Å². The molecule has 0 radical (unpaired) electrons. The Bertz CT molecular complexity index is 737. The van der Waals surface area contributed by atoms with Gasteiger partial charge in [0, 0.05) is 12.1 Å². The fourth-order valence-electron chi connectivity index (χ4n) is 2.48. The molecule has 0 heterocycles. The number of halogens is 2. The highest BCUT2D eigenvalue weighted by Crippen LogP contribution is 2.20. The Balaban J connectivity index is 1.93. The second-order valence-electron chi connectivity index (χ2n) is 5.69. The standard InChI is InChI=1S/C19H19F2NO4/c20-19(21)26-16-9-5-4-8-14(16)11-17(23)22-12-15(18(24)25)10-13-6-2-1-3-7-13/h1-9,15,19H,10-12H2,(H,22,23)(H,24,25). The Hall–Kier alpha value is -2.96. The van der Waals surface area contributed by atoms with Gasteiger partial charge in [-0.25, -0.2) is 0 Å². The van der Waals surface area contributed by atoms with Gasteiger partial charge in [0.25, 0.3) is 0 Å². The van der Waals surface area contributed by atoms with Crippen LogP contribution in [0.15, 0.2) is 54.6 Å². The van der Waals surface area contributed by atoms with Gasteiger partial charge in [-0.15, -0.1) is 0 Å². The Morgan fingerprint density at radius 2 is 1.69 bits per heavy atom. The van der Waals surface area contributed by atoms with Gasteiger partial charge in [0.05, 0.1) is 12.3 Å². The molecule has 0 aliphatic heterocycles. The average Bonchev–Trinajstić information content (AvgIpc) is 2.60. The van der Waals surface area contributed by atoms with Crippen molar-refractivity contribution in [2.75, 3.05) is 6.54 Å². The number of amides is 1. The molecular formula is C19H19F2NO4. The summed E-state index contributed by atoms with van der Waals surface area (Å²) in [5.74, 6) is -2.34. The molecule has 2 N–H and O–H groups in total. The van der Waals surface area contributed by atoms with Crippen LogP contribution in [0.25, 0.3) is 0 Å². The fraction of sp³-hybridized carbons (Fsp3) is 0.263. The summed E-state index contributed by atoms with van der Waals surface area (Å²) in [5, 5.41) is 11.9. The largest absolute Gasteiger partial charge is 0.481 e. The lowest BCUT2D eigenvalue weighted by Gasteiger charge is -2.14. The summed E-state index contributed by atoms with van der Waals surface area (Å²) < 4.78 is 29.2. The van der Waals surface area contributed by atoms with Crippen LogP contribution in [0.2, 0.25) is 0 Å². The second-order valence-corrected chi connectivity index (χ2v) is 5.69. The number of aliphatic carboxylic acids is 1. The quantitative estimate of drug-likeness (QED) is 0.718. The minimum absolute atomic E-state index is 0.0546. The summed E-state index contributed by atoms with van der Waals surface area (Å²) in [5.41, 5.74) is 1.16. The first-order chi connectivity index (χ1) is 12.5. The summed E-state index contributed by atoms with van der Waals surface area (Å²) in [6.45, 7) is -3.04. The van der Waals surface area contributed by atoms with E-state index in [2.05, 4.69) is 10.1 Å². The van der Waals surface area contributed by atoms with Crippen LogP contribution in [-0.4, -0.2) is 30.1 Å². The van der Waals surface area contributed by atoms with Gasteiger partial charge in [-0.05, 0) is 18.1 Å². The van der Waals surface area contributed by atoms with E-state index in [9.17, 15) is 23.5 Å². The van der Waals surface area contributed by atoms with E-state index in [4.69, 9.17) is 0 Å². The van der Waals surface area contributed by atoms with E-state index in [0.29, 0.717) is 5.56 Å². The van der Waals surface area contributed by atoms with E-state index in [1.807, 2.05) is 30.3 Å². The molecule has 1 amide bonds. The lowest BCUT2D eigenvalue weighted by atomic mass is 9.99. The number of nitrogens with one attached hydrogen (secondary N) is 1. The molecule has 0 fully saturated rings. The molecular weight excluding hydrogens is 344 g/mol. The van der Waals surface area contributed by atoms with Gasteiger partial charge >= 0.3 is 12.6 Å². The number of ether oxygens (including phenoxy) is 1. The molecule has 0 aliphatic carbocycles. The third-order valence-electron chi connectivity index (χ3n) is 3.76. The van der Waals surface area contributed by atoms with Crippen molar-refractivity contribution in [2.24, 2.45) is 5.92 Å². The maximum atomic E-state index is 12.4. The smallest absolute Gasteiger partial charge is 0.387 e. The molecule has 7 heteroatoms. The number of carboxylic acid groups (broad SMARTS) is 1. The van der Waals surface area contributed by atoms with Crippen LogP contribution >= 0.6 is 0 Å². The molecule has 138 valence electrons. The summed E-state index contributed by atoms with van der Waals surface area (Å²) in [6, 6.07) is 15.1. The predicted molar refractivity (Wildman–Crippen MR) is 91.1 cm³/mol. The van der Waals surface area contributed by atoms with Gasteiger partial charge < -0.3 is 15.2 Å². The highest BCUT2D eigenvalue weighted by atomic mass is 19.3. The molecule has 0 saturated carbocycles. The van der Waals surface area contributed by atoms with Crippen LogP contribution < -0.4 is 10.1 Å². The van der Waals surface area contributed by atoms with E-state index in [1.54, 1.807) is 6.07 Å². The van der Waals surface area contributed by atoms with Gasteiger partial charge in [0.2, 0.25) is 5.91 Å². The van der Waals surface area contributed by atoms with E-state index < -0.39 is 24.4 Å². The zero-order chi connectivity index (χ0) is 18.9. The molecule has 2 aromatic rings. The lowest BCUT2D eigenvalue weighted by molar-refractivity contribution is -0.141. The van der Waals surface area contributed by atoms with Crippen LogP contribution in [0.4, 0.5) is 8.78 Å². The van der Waals surface area contributed by atoms with Crippen LogP contribution in [0, 0.1) is 5.92 Å². The third-order valence-corrected chi connectivity index (χ3v) is 3.76. The number of hydrogen-bond donors (Lipinski definition) is 2. The van der Waals surface area contributed by atoms with E-state index in [-0.39, 0.29) is 25.1 Å². The number of rotatable bonds is 9. The number of benzene rings is 2. The molecule has 0 bridgehead atoms. The molecule has 0 aliphatic rings. The highest BCUT2D eigenvalue weighted by molar-refractivity contribution is 5.80. The molecule has 0 spiro atoms. The molecule has 2 rings (SSSR count). The third kappa shape index (κ3) is 6.16. The normalized spacial score (nSPS) is 11.8. The summed E-state index contributed by atoms with van der Waals surface area (Å²) in [4.78, 5) is 23.5. The van der Waals surface area contributed by atoms with Gasteiger partial charge in [-0.3, -0.25) is 9.59 Å². The molecule has 0 saturated heterocycles. The molecule has 5 nitrogen and oxygen atoms in total. The SMILES string of the molecule is O=C(Cc1ccccc1OC(F)F)NCC(Cc1ccccc1)C(=O)O. The topological polar surface area (TPSA) is 75.6 Å². The Kier molecular flexibility index (Phi) is 7.08. The first-order valence-electron chi connectivity index (χ1n) is 8.02. The molecule has 1 unspecified atom stereocenters. The zero-order valence-electron chi connectivity index (χ0n) is 13.9. The van der Waals surface area contributed by atoms with Crippen molar-refractivity contribution in [3.63, 3.8) is 0 Å². The van der Waals surface area contributed by atoms with Gasteiger partial charge in [0.15, 0.2) is 0 Å². The first-order valence-corrected chi connectivity index (χ1v) is 8.02. The van der Waals surface area contributed by atoms with Crippen LogP contribution in [0.3, 0.4) is 0 Å². The number of alkyl halides is 2. The number of hydrogen-bond acceptors (Lipinski definition) is 3. The van der Waals surface area contributed by atoms with Crippen molar-refractivity contribution in [1.29, 1.82) is 0 Å². The Morgan fingerprint density at radius 3 is 2.35 bits per heavy atom. The average molecular weight is 363 g/mol. The Labute approximate surface area is 149 Å². The van der Waals surface area contributed by atoms with Crippen molar-refractivity contribution >= 4 is 11.9 Å². The van der Waals surface area contributed by atoms with Crippen molar-refractivity contribution in [1.82, 2.24) is 5.32 Å². The summed E-state index contributed by atoms with van der Waals surface area (Å²) >= 11 is 0. The highest BCUT2D eigenvalue weighted by Gasteiger charge is 2.19. The molecule has 26 heavy (non-hydrogen) atoms. The van der Waals surface area contributed by atoms with Gasteiger partial charge in [-0.2, -0.15) is 8.78 Å². The number of carbonyl (C=O) groups excluding carboxylic acids is 1. The number of para-hydroxylation sites is 1. The second kappa shape index (κ2) is 9.50. The first kappa shape index (κ1) is 19.4. The number of carboxylic acids is 1. The van der Waals surface area contributed by atoms with Crippen LogP contribution in [0.1, 0.15) is 11.1 Å². The maximum absolute atomic E-state index is 12.4. The fourth-order valence-corrected chi connectivity index (χ4v) is 2.48. The monoisotopic (exact) mass is 363 g/mol. The molecule has 2 aromatic carbocycles. The lowest BCUT2D eigenvalue weighted by Crippen LogP contribution is -2.35. The van der Waals surface area contributed by atoms with Crippen molar-refractivity contribution < 1.29 is 28.2 Å². The van der Waals surface area contributed by atoms with Gasteiger partial charge in [-0.1, -0.05) is 48.5 Å². The summed E-state index contributed by atoms with van der Waals surface area (Å²) in [7, 11) is 0. The van der Waals surface area contributed by atoms with E-state index >= 15 is 0 Å². The predicted octanol–water partition coefficient (Wildman–Crippen LogP) is 2.89. The zero-order valence-corrected chi connectivity index (χ0v) is 13.9. The maximum Gasteiger partial charge on any atom is 0.387 e. The molecule has 1 atom stereocenters. The van der Waals surface area contributed by atoms with E-state index in [1.165, 1.54) is 18.2 Å². The van der Waals surface area contributed by atoms with Gasteiger partial charge in [0.1, 0.15) is 5.75 Å². The van der Waals surface area contributed by atoms with Crippen molar-refractivity contribution in [3.8, 4) is 5.75 Å². The van der Waals surface area contributed by atoms with Crippen molar-refractivity contribution in [3.05, 3.63) is 65.7 Å². The van der Waals surface area contributed by atoms with Crippen molar-refractivity contribution in [2.45, 2.75) is 19.5 Å². The van der Waals surface area contributed by atoms with E-state index in [0.717, 1.165) is 5.56 Å². The number of carbonyl (C=O) groups is 2. The summed E-state index contributed by atoms with van der Waals surface area (Å²) in [6.07, 6.45) is 0.0993. The molecule has 0 aromatic heterocycles. The van der Waals surface area contributed by atoms with Crippen LogP contribution in [-0.2, 0) is 22.4 Å². The Morgan fingerprint density at radius 1 is 1.04 bits per heavy atom.